The van der Waals surface area contributed by atoms with Crippen LogP contribution in [0, 0.1) is 0 Å². The number of amides is 1. The molecular formula is C15H22N2O3. The summed E-state index contributed by atoms with van der Waals surface area (Å²) in [5.74, 6) is 0.769. The number of ether oxygens (including phenoxy) is 2. The van der Waals surface area contributed by atoms with E-state index in [0.29, 0.717) is 6.61 Å². The average molecular weight is 278 g/mol. The molecule has 110 valence electrons. The number of nitrogens with one attached hydrogen (secondary N) is 1. The molecule has 0 atom stereocenters. The van der Waals surface area contributed by atoms with E-state index in [1.54, 1.807) is 0 Å². The largest absolute Gasteiger partial charge is 0.494 e. The summed E-state index contributed by atoms with van der Waals surface area (Å²) < 4.78 is 11.0. The quantitative estimate of drug-likeness (QED) is 0.805. The number of hydrogen-bond donors (Lipinski definition) is 1. The minimum Gasteiger partial charge on any atom is -0.494 e. The zero-order chi connectivity index (χ0) is 14.2. The zero-order valence-electron chi connectivity index (χ0n) is 11.9. The molecule has 1 amide bonds. The highest BCUT2D eigenvalue weighted by atomic mass is 16.5. The van der Waals surface area contributed by atoms with E-state index in [9.17, 15) is 4.79 Å². The standard InChI is InChI=1S/C15H22N2O3/c1-13(18)16-14-3-5-15(6-4-14)20-10-2-7-17-8-11-19-12-9-17/h3-6H,2,7-12H2,1H3,(H,16,18). The molecule has 0 spiro atoms. The van der Waals surface area contributed by atoms with Crippen molar-refractivity contribution in [2.75, 3.05) is 44.8 Å². The molecule has 0 bridgehead atoms. The lowest BCUT2D eigenvalue weighted by atomic mass is 10.3. The molecule has 0 unspecified atom stereocenters. The monoisotopic (exact) mass is 278 g/mol. The second kappa shape index (κ2) is 7.87. The summed E-state index contributed by atoms with van der Waals surface area (Å²) in [4.78, 5) is 13.3. The van der Waals surface area contributed by atoms with Gasteiger partial charge >= 0.3 is 0 Å². The molecule has 1 aromatic rings. The lowest BCUT2D eigenvalue weighted by molar-refractivity contribution is -0.114. The first-order valence-corrected chi connectivity index (χ1v) is 7.04. The minimum atomic E-state index is -0.0656. The van der Waals surface area contributed by atoms with Crippen LogP contribution in [-0.4, -0.2) is 50.3 Å². The molecule has 1 saturated heterocycles. The second-order valence-electron chi connectivity index (χ2n) is 4.86. The highest BCUT2D eigenvalue weighted by Gasteiger charge is 2.09. The van der Waals surface area contributed by atoms with Crippen molar-refractivity contribution >= 4 is 11.6 Å². The van der Waals surface area contributed by atoms with Gasteiger partial charge in [0.15, 0.2) is 0 Å². The third-order valence-corrected chi connectivity index (χ3v) is 3.17. The Morgan fingerprint density at radius 1 is 1.30 bits per heavy atom. The summed E-state index contributed by atoms with van der Waals surface area (Å²) in [6, 6.07) is 7.44. The van der Waals surface area contributed by atoms with Crippen molar-refractivity contribution in [2.45, 2.75) is 13.3 Å². The van der Waals surface area contributed by atoms with Gasteiger partial charge < -0.3 is 14.8 Å². The Kier molecular flexibility index (Phi) is 5.83. The van der Waals surface area contributed by atoms with Gasteiger partial charge in [0.05, 0.1) is 19.8 Å². The first-order valence-electron chi connectivity index (χ1n) is 7.04. The van der Waals surface area contributed by atoms with Crippen molar-refractivity contribution in [3.8, 4) is 5.75 Å². The van der Waals surface area contributed by atoms with Crippen LogP contribution in [0.1, 0.15) is 13.3 Å². The lowest BCUT2D eigenvalue weighted by Crippen LogP contribution is -2.37. The van der Waals surface area contributed by atoms with E-state index in [1.807, 2.05) is 24.3 Å². The van der Waals surface area contributed by atoms with Crippen LogP contribution in [-0.2, 0) is 9.53 Å². The molecule has 1 heterocycles. The maximum absolute atomic E-state index is 10.9. The summed E-state index contributed by atoms with van der Waals surface area (Å²) in [6.07, 6.45) is 1.01. The van der Waals surface area contributed by atoms with E-state index < -0.39 is 0 Å². The van der Waals surface area contributed by atoms with Gasteiger partial charge in [0, 0.05) is 32.2 Å². The maximum Gasteiger partial charge on any atom is 0.221 e. The zero-order valence-corrected chi connectivity index (χ0v) is 11.9. The van der Waals surface area contributed by atoms with Gasteiger partial charge in [-0.05, 0) is 30.7 Å². The molecule has 20 heavy (non-hydrogen) atoms. The number of carbonyl (C=O) groups excluding carboxylic acids is 1. The summed E-state index contributed by atoms with van der Waals surface area (Å²) >= 11 is 0. The predicted octanol–water partition coefficient (Wildman–Crippen LogP) is 1.75. The van der Waals surface area contributed by atoms with Crippen LogP contribution < -0.4 is 10.1 Å². The predicted molar refractivity (Wildman–Crippen MR) is 78.1 cm³/mol. The molecule has 0 aliphatic carbocycles. The maximum atomic E-state index is 10.9. The molecule has 5 nitrogen and oxygen atoms in total. The van der Waals surface area contributed by atoms with Crippen LogP contribution in [0.3, 0.4) is 0 Å². The number of rotatable bonds is 6. The number of benzene rings is 1. The van der Waals surface area contributed by atoms with Crippen LogP contribution in [0.25, 0.3) is 0 Å². The first kappa shape index (κ1) is 14.8. The molecule has 0 aromatic heterocycles. The lowest BCUT2D eigenvalue weighted by Gasteiger charge is -2.26. The van der Waals surface area contributed by atoms with Gasteiger partial charge in [0.1, 0.15) is 5.75 Å². The fourth-order valence-electron chi connectivity index (χ4n) is 2.14. The Balaban J connectivity index is 1.64. The molecular weight excluding hydrogens is 256 g/mol. The van der Waals surface area contributed by atoms with E-state index >= 15 is 0 Å². The van der Waals surface area contributed by atoms with Gasteiger partial charge in [-0.1, -0.05) is 0 Å². The van der Waals surface area contributed by atoms with Gasteiger partial charge in [-0.2, -0.15) is 0 Å². The molecule has 1 aliphatic heterocycles. The average Bonchev–Trinajstić information content (AvgIpc) is 2.46. The highest BCUT2D eigenvalue weighted by Crippen LogP contribution is 2.15. The van der Waals surface area contributed by atoms with Gasteiger partial charge in [-0.15, -0.1) is 0 Å². The fraction of sp³-hybridized carbons (Fsp3) is 0.533. The number of anilines is 1. The van der Waals surface area contributed by atoms with Crippen molar-refractivity contribution < 1.29 is 14.3 Å². The van der Waals surface area contributed by atoms with Gasteiger partial charge in [0.2, 0.25) is 5.91 Å². The molecule has 5 heteroatoms. The normalized spacial score (nSPS) is 15.8. The number of morpholine rings is 1. The van der Waals surface area contributed by atoms with Gasteiger partial charge in [-0.25, -0.2) is 0 Å². The molecule has 0 radical (unpaired) electrons. The molecule has 1 N–H and O–H groups in total. The third-order valence-electron chi connectivity index (χ3n) is 3.17. The van der Waals surface area contributed by atoms with Crippen molar-refractivity contribution in [1.29, 1.82) is 0 Å². The van der Waals surface area contributed by atoms with E-state index in [1.165, 1.54) is 6.92 Å². The molecule has 1 aliphatic rings. The first-order chi connectivity index (χ1) is 9.74. The Bertz CT molecular complexity index is 414. The van der Waals surface area contributed by atoms with Crippen LogP contribution in [0.15, 0.2) is 24.3 Å². The van der Waals surface area contributed by atoms with Crippen LogP contribution in [0.2, 0.25) is 0 Å². The van der Waals surface area contributed by atoms with Crippen molar-refractivity contribution in [1.82, 2.24) is 4.90 Å². The second-order valence-corrected chi connectivity index (χ2v) is 4.86. The Morgan fingerprint density at radius 2 is 2.00 bits per heavy atom. The Hall–Kier alpha value is -1.59. The summed E-state index contributed by atoms with van der Waals surface area (Å²) in [5, 5.41) is 2.73. The Morgan fingerprint density at radius 3 is 2.65 bits per heavy atom. The fourth-order valence-corrected chi connectivity index (χ4v) is 2.14. The van der Waals surface area contributed by atoms with Gasteiger partial charge in [0.25, 0.3) is 0 Å². The van der Waals surface area contributed by atoms with E-state index in [0.717, 1.165) is 50.7 Å². The third kappa shape index (κ3) is 5.19. The number of hydrogen-bond acceptors (Lipinski definition) is 4. The highest BCUT2D eigenvalue weighted by molar-refractivity contribution is 5.88. The molecule has 2 rings (SSSR count). The number of carbonyl (C=O) groups is 1. The van der Waals surface area contributed by atoms with Crippen LogP contribution >= 0.6 is 0 Å². The summed E-state index contributed by atoms with van der Waals surface area (Å²) in [5.41, 5.74) is 0.790. The summed E-state index contributed by atoms with van der Waals surface area (Å²) in [7, 11) is 0. The van der Waals surface area contributed by atoms with Crippen LogP contribution in [0.5, 0.6) is 5.75 Å². The van der Waals surface area contributed by atoms with Crippen LogP contribution in [0.4, 0.5) is 5.69 Å². The van der Waals surface area contributed by atoms with E-state index in [2.05, 4.69) is 10.2 Å². The number of nitrogens with zero attached hydrogens (tertiary/aromatic N) is 1. The molecule has 1 aromatic carbocycles. The molecule has 0 saturated carbocycles. The van der Waals surface area contributed by atoms with E-state index in [4.69, 9.17) is 9.47 Å². The minimum absolute atomic E-state index is 0.0656. The van der Waals surface area contributed by atoms with Crippen molar-refractivity contribution in [3.05, 3.63) is 24.3 Å². The van der Waals surface area contributed by atoms with E-state index in [-0.39, 0.29) is 5.91 Å². The smallest absolute Gasteiger partial charge is 0.221 e. The van der Waals surface area contributed by atoms with Gasteiger partial charge in [-0.3, -0.25) is 9.69 Å². The molecule has 1 fully saturated rings. The Labute approximate surface area is 119 Å². The van der Waals surface area contributed by atoms with Crippen molar-refractivity contribution in [3.63, 3.8) is 0 Å². The SMILES string of the molecule is CC(=O)Nc1ccc(OCCCN2CCOCC2)cc1. The van der Waals surface area contributed by atoms with Crippen molar-refractivity contribution in [2.24, 2.45) is 0 Å². The topological polar surface area (TPSA) is 50.8 Å². The summed E-state index contributed by atoms with van der Waals surface area (Å²) in [6.45, 7) is 6.97.